The Labute approximate surface area is 184 Å². The van der Waals surface area contributed by atoms with Gasteiger partial charge in [0.15, 0.2) is 0 Å². The number of fused-ring (bicyclic) bond motifs is 6. The van der Waals surface area contributed by atoms with Crippen molar-refractivity contribution >= 4 is 43.7 Å². The van der Waals surface area contributed by atoms with Crippen LogP contribution in [0.4, 0.5) is 0 Å². The topological polar surface area (TPSA) is 33.6 Å². The van der Waals surface area contributed by atoms with E-state index in [4.69, 9.17) is 0 Å². The van der Waals surface area contributed by atoms with Gasteiger partial charge in [0, 0.05) is 38.9 Å². The van der Waals surface area contributed by atoms with E-state index in [2.05, 4.69) is 112 Å². The number of H-pyrrole nitrogens is 1. The van der Waals surface area contributed by atoms with Gasteiger partial charge in [-0.1, -0.05) is 48.5 Å². The maximum absolute atomic E-state index is 4.47. The molecule has 0 aliphatic heterocycles. The fourth-order valence-corrected chi connectivity index (χ4v) is 4.91. The van der Waals surface area contributed by atoms with E-state index in [0.29, 0.717) is 0 Å². The third kappa shape index (κ3) is 2.45. The first-order valence-corrected chi connectivity index (χ1v) is 10.8. The molecule has 0 saturated carbocycles. The second-order valence-corrected chi connectivity index (χ2v) is 8.20. The van der Waals surface area contributed by atoms with Gasteiger partial charge in [-0.05, 0) is 65.7 Å². The molecule has 0 spiro atoms. The maximum Gasteiger partial charge on any atom is 0.138 e. The van der Waals surface area contributed by atoms with E-state index in [1.165, 1.54) is 44.0 Å². The number of nitrogens with zero attached hydrogens (tertiary/aromatic N) is 2. The van der Waals surface area contributed by atoms with E-state index in [1.807, 2.05) is 12.3 Å². The molecule has 0 radical (unpaired) electrons. The minimum atomic E-state index is 0.932. The third-order valence-corrected chi connectivity index (χ3v) is 6.39. The highest BCUT2D eigenvalue weighted by Gasteiger charge is 2.13. The number of hydrogen-bond donors (Lipinski definition) is 1. The lowest BCUT2D eigenvalue weighted by Crippen LogP contribution is -1.92. The molecule has 3 heterocycles. The van der Waals surface area contributed by atoms with Gasteiger partial charge in [0.05, 0.1) is 11.0 Å². The summed E-state index contributed by atoms with van der Waals surface area (Å²) in [6.45, 7) is 0. The van der Waals surface area contributed by atoms with Gasteiger partial charge in [-0.2, -0.15) is 0 Å². The lowest BCUT2D eigenvalue weighted by Gasteiger charge is -2.08. The van der Waals surface area contributed by atoms with Crippen molar-refractivity contribution in [3.05, 3.63) is 109 Å². The summed E-state index contributed by atoms with van der Waals surface area (Å²) < 4.78 is 2.35. The molecule has 1 N–H and O–H groups in total. The highest BCUT2D eigenvalue weighted by atomic mass is 15.0. The quantitative estimate of drug-likeness (QED) is 0.315. The molecule has 4 aromatic carbocycles. The van der Waals surface area contributed by atoms with Crippen LogP contribution in [0.2, 0.25) is 0 Å². The Morgan fingerprint density at radius 1 is 0.562 bits per heavy atom. The predicted molar refractivity (Wildman–Crippen MR) is 133 cm³/mol. The van der Waals surface area contributed by atoms with Gasteiger partial charge in [0.25, 0.3) is 0 Å². The number of para-hydroxylation sites is 2. The zero-order chi connectivity index (χ0) is 21.1. The first-order chi connectivity index (χ1) is 15.9. The van der Waals surface area contributed by atoms with Crippen molar-refractivity contribution in [1.82, 2.24) is 14.5 Å². The summed E-state index contributed by atoms with van der Waals surface area (Å²) in [5.41, 5.74) is 8.10. The zero-order valence-electron chi connectivity index (χ0n) is 17.3. The van der Waals surface area contributed by atoms with Crippen LogP contribution in [0.15, 0.2) is 109 Å². The zero-order valence-corrected chi connectivity index (χ0v) is 17.3. The Morgan fingerprint density at radius 2 is 1.28 bits per heavy atom. The molecule has 0 atom stereocenters. The molecule has 0 saturated heterocycles. The number of hydrogen-bond acceptors (Lipinski definition) is 1. The minimum absolute atomic E-state index is 0.932. The Morgan fingerprint density at radius 3 is 2.19 bits per heavy atom. The van der Waals surface area contributed by atoms with Crippen molar-refractivity contribution in [2.24, 2.45) is 0 Å². The molecule has 0 fully saturated rings. The van der Waals surface area contributed by atoms with Crippen LogP contribution in [0.1, 0.15) is 0 Å². The van der Waals surface area contributed by atoms with Gasteiger partial charge in [-0.15, -0.1) is 0 Å². The fraction of sp³-hybridized carbons (Fsp3) is 0. The molecule has 0 bridgehead atoms. The summed E-state index contributed by atoms with van der Waals surface area (Å²) in [6, 6.07) is 36.8. The van der Waals surface area contributed by atoms with Crippen LogP contribution in [-0.4, -0.2) is 14.5 Å². The molecule has 0 unspecified atom stereocenters. The van der Waals surface area contributed by atoms with Crippen LogP contribution in [0.3, 0.4) is 0 Å². The minimum Gasteiger partial charge on any atom is -0.339 e. The lowest BCUT2D eigenvalue weighted by atomic mass is 10.0. The number of nitrogens with one attached hydrogen (secondary N) is 1. The van der Waals surface area contributed by atoms with Gasteiger partial charge in [0.1, 0.15) is 5.65 Å². The highest BCUT2D eigenvalue weighted by molar-refractivity contribution is 6.11. The first-order valence-electron chi connectivity index (χ1n) is 10.8. The van der Waals surface area contributed by atoms with Gasteiger partial charge in [-0.3, -0.25) is 0 Å². The molecule has 0 aliphatic rings. The third-order valence-electron chi connectivity index (χ3n) is 6.39. The van der Waals surface area contributed by atoms with E-state index in [9.17, 15) is 0 Å². The van der Waals surface area contributed by atoms with E-state index >= 15 is 0 Å². The smallest absolute Gasteiger partial charge is 0.138 e. The molecule has 32 heavy (non-hydrogen) atoms. The average molecular weight is 409 g/mol. The number of aromatic amines is 1. The van der Waals surface area contributed by atoms with Gasteiger partial charge >= 0.3 is 0 Å². The Kier molecular flexibility index (Phi) is 3.55. The van der Waals surface area contributed by atoms with Crippen LogP contribution in [-0.2, 0) is 0 Å². The molecule has 0 aliphatic carbocycles. The number of pyridine rings is 1. The summed E-state index contributed by atoms with van der Waals surface area (Å²) >= 11 is 0. The van der Waals surface area contributed by atoms with Crippen molar-refractivity contribution in [3.63, 3.8) is 0 Å². The molecule has 3 heteroatoms. The van der Waals surface area contributed by atoms with E-state index in [0.717, 1.165) is 16.6 Å². The molecule has 150 valence electrons. The highest BCUT2D eigenvalue weighted by Crippen LogP contribution is 2.36. The predicted octanol–water partition coefficient (Wildman–Crippen LogP) is 7.48. The fourth-order valence-electron chi connectivity index (χ4n) is 4.91. The largest absolute Gasteiger partial charge is 0.339 e. The maximum atomic E-state index is 4.47. The molecule has 7 aromatic rings. The summed E-state index contributed by atoms with van der Waals surface area (Å²) in [6.07, 6.45) is 1.83. The Bertz CT molecular complexity index is 1770. The van der Waals surface area contributed by atoms with E-state index < -0.39 is 0 Å². The van der Waals surface area contributed by atoms with Gasteiger partial charge in [0.2, 0.25) is 0 Å². The van der Waals surface area contributed by atoms with Crippen LogP contribution in [0.25, 0.3) is 60.6 Å². The Balaban J connectivity index is 1.49. The van der Waals surface area contributed by atoms with Crippen LogP contribution in [0.5, 0.6) is 0 Å². The van der Waals surface area contributed by atoms with Gasteiger partial charge in [-0.25, -0.2) is 4.98 Å². The summed E-state index contributed by atoms with van der Waals surface area (Å²) in [7, 11) is 0. The average Bonchev–Trinajstić information content (AvgIpc) is 3.39. The molecule has 7 rings (SSSR count). The van der Waals surface area contributed by atoms with Crippen LogP contribution < -0.4 is 0 Å². The number of aromatic nitrogens is 3. The second kappa shape index (κ2) is 6.56. The van der Waals surface area contributed by atoms with Crippen molar-refractivity contribution in [3.8, 4) is 16.8 Å². The summed E-state index contributed by atoms with van der Waals surface area (Å²) in [4.78, 5) is 7.89. The Hall–Kier alpha value is -4.37. The van der Waals surface area contributed by atoms with E-state index in [1.54, 1.807) is 0 Å². The molecular weight excluding hydrogens is 390 g/mol. The van der Waals surface area contributed by atoms with Gasteiger partial charge < -0.3 is 9.55 Å². The molecule has 3 aromatic heterocycles. The number of rotatable bonds is 2. The van der Waals surface area contributed by atoms with Crippen molar-refractivity contribution < 1.29 is 0 Å². The normalized spacial score (nSPS) is 11.8. The lowest BCUT2D eigenvalue weighted by molar-refractivity contribution is 1.18. The number of benzene rings is 4. The van der Waals surface area contributed by atoms with Crippen LogP contribution >= 0.6 is 0 Å². The monoisotopic (exact) mass is 409 g/mol. The second-order valence-electron chi connectivity index (χ2n) is 8.20. The molecule has 0 amide bonds. The van der Waals surface area contributed by atoms with Crippen LogP contribution in [0, 0.1) is 0 Å². The van der Waals surface area contributed by atoms with Crippen molar-refractivity contribution in [2.75, 3.05) is 0 Å². The molecule has 3 nitrogen and oxygen atoms in total. The first kappa shape index (κ1) is 17.3. The van der Waals surface area contributed by atoms with Crippen molar-refractivity contribution in [1.29, 1.82) is 0 Å². The summed E-state index contributed by atoms with van der Waals surface area (Å²) in [5, 5.41) is 4.90. The SMILES string of the molecule is c1ccc(-n2c3ccccc3c3cc(-c4ccc5[nH]c6ncccc6c5c4)ccc32)cc1. The molecular formula is C29H19N3. The standard InChI is InChI=1S/C29H19N3/c1-2-7-21(8-3-1)32-27-11-5-4-9-22(27)25-18-20(13-15-28(25)32)19-12-14-26-24(17-19)23-10-6-16-30-29(23)31-26/h1-18H,(H,30,31). The van der Waals surface area contributed by atoms with E-state index in [-0.39, 0.29) is 0 Å². The summed E-state index contributed by atoms with van der Waals surface area (Å²) in [5.74, 6) is 0. The van der Waals surface area contributed by atoms with Crippen molar-refractivity contribution in [2.45, 2.75) is 0 Å².